The van der Waals surface area contributed by atoms with E-state index < -0.39 is 50.8 Å². The van der Waals surface area contributed by atoms with Crippen LogP contribution in [0.4, 0.5) is 0 Å². The van der Waals surface area contributed by atoms with Crippen molar-refractivity contribution >= 4 is 19.8 Å². The van der Waals surface area contributed by atoms with E-state index in [-0.39, 0.29) is 37.9 Å². The fourth-order valence-electron chi connectivity index (χ4n) is 7.11. The molecule has 0 aliphatic heterocycles. The first-order chi connectivity index (χ1) is 26.7. The number of aliphatic hydroxyl groups excluding tert-OH is 3. The highest BCUT2D eigenvalue weighted by atomic mass is 31.2. The fourth-order valence-corrected chi connectivity index (χ4v) is 7.85. The van der Waals surface area contributed by atoms with Gasteiger partial charge in [-0.3, -0.25) is 18.6 Å². The topological polar surface area (TPSA) is 169 Å². The Kier molecular flexibility index (Phi) is 29.7. The van der Waals surface area contributed by atoms with E-state index >= 15 is 0 Å². The summed E-state index contributed by atoms with van der Waals surface area (Å²) in [6.07, 6.45) is 23.2. The predicted molar refractivity (Wildman–Crippen MR) is 222 cm³/mol. The van der Waals surface area contributed by atoms with Gasteiger partial charge < -0.3 is 34.2 Å². The van der Waals surface area contributed by atoms with E-state index in [1.54, 1.807) is 6.08 Å². The number of phosphoric acid groups is 1. The Morgan fingerprint density at radius 3 is 1.86 bits per heavy atom. The summed E-state index contributed by atoms with van der Waals surface area (Å²) in [5, 5.41) is 31.4. The van der Waals surface area contributed by atoms with Crippen molar-refractivity contribution in [2.24, 2.45) is 11.8 Å². The summed E-state index contributed by atoms with van der Waals surface area (Å²) in [6, 6.07) is 0. The highest BCUT2D eigenvalue weighted by molar-refractivity contribution is 7.47. The summed E-state index contributed by atoms with van der Waals surface area (Å²) in [7, 11) is 1.35. The number of aliphatic hydroxyl groups is 3. The van der Waals surface area contributed by atoms with Crippen molar-refractivity contribution in [3.8, 4) is 0 Å². The lowest BCUT2D eigenvalue weighted by molar-refractivity contribution is -0.870. The fraction of sp³-hybridized carbons (Fsp3) is 0.907. The minimum atomic E-state index is -4.43. The molecule has 0 aromatic carbocycles. The molecule has 1 fully saturated rings. The van der Waals surface area contributed by atoms with Gasteiger partial charge in [-0.05, 0) is 31.6 Å². The van der Waals surface area contributed by atoms with Crippen molar-refractivity contribution in [2.45, 2.75) is 192 Å². The van der Waals surface area contributed by atoms with E-state index in [0.29, 0.717) is 36.7 Å². The quantitative estimate of drug-likeness (QED) is 0.0157. The number of ether oxygens (including phenoxy) is 2. The number of quaternary nitrogens is 1. The molecule has 1 saturated carbocycles. The smallest absolute Gasteiger partial charge is 0.462 e. The van der Waals surface area contributed by atoms with Gasteiger partial charge in [-0.1, -0.05) is 135 Å². The lowest BCUT2D eigenvalue weighted by atomic mass is 9.88. The zero-order valence-corrected chi connectivity index (χ0v) is 36.9. The van der Waals surface area contributed by atoms with Gasteiger partial charge >= 0.3 is 19.8 Å². The Morgan fingerprint density at radius 2 is 1.27 bits per heavy atom. The lowest BCUT2D eigenvalue weighted by Gasteiger charge is -2.24. The van der Waals surface area contributed by atoms with Crippen molar-refractivity contribution in [1.82, 2.24) is 0 Å². The van der Waals surface area contributed by atoms with E-state index in [0.717, 1.165) is 64.2 Å². The highest BCUT2D eigenvalue weighted by Gasteiger charge is 2.39. The third-order valence-corrected chi connectivity index (χ3v) is 11.6. The van der Waals surface area contributed by atoms with Crippen LogP contribution in [-0.2, 0) is 32.7 Å². The van der Waals surface area contributed by atoms with Crippen molar-refractivity contribution in [1.29, 1.82) is 0 Å². The highest BCUT2D eigenvalue weighted by Crippen LogP contribution is 2.43. The van der Waals surface area contributed by atoms with E-state index in [1.165, 1.54) is 51.4 Å². The zero-order chi connectivity index (χ0) is 41.7. The van der Waals surface area contributed by atoms with Gasteiger partial charge in [0, 0.05) is 25.2 Å². The Labute approximate surface area is 340 Å². The number of likely N-dealkylation sites (N-methyl/N-ethyl adjacent to an activating group) is 1. The van der Waals surface area contributed by atoms with Crippen LogP contribution in [0, 0.1) is 11.8 Å². The van der Waals surface area contributed by atoms with Crippen LogP contribution in [0.25, 0.3) is 0 Å². The summed E-state index contributed by atoms with van der Waals surface area (Å²) >= 11 is 0. The van der Waals surface area contributed by atoms with Crippen LogP contribution in [0.3, 0.4) is 0 Å². The predicted octanol–water partition coefficient (Wildman–Crippen LogP) is 8.57. The second-order valence-electron chi connectivity index (χ2n) is 17.1. The van der Waals surface area contributed by atoms with E-state index in [4.69, 9.17) is 18.5 Å². The zero-order valence-electron chi connectivity index (χ0n) is 36.0. The van der Waals surface area contributed by atoms with Gasteiger partial charge in [0.2, 0.25) is 0 Å². The molecule has 1 rings (SSSR count). The number of esters is 2. The molecular weight excluding hydrogens is 737 g/mol. The number of hydrogen-bond acceptors (Lipinski definition) is 10. The summed E-state index contributed by atoms with van der Waals surface area (Å²) in [4.78, 5) is 35.5. The van der Waals surface area contributed by atoms with Crippen LogP contribution in [0.15, 0.2) is 12.2 Å². The molecule has 13 heteroatoms. The van der Waals surface area contributed by atoms with Crippen LogP contribution in [0.1, 0.15) is 168 Å². The van der Waals surface area contributed by atoms with Crippen LogP contribution < -0.4 is 0 Å². The Morgan fingerprint density at radius 1 is 0.732 bits per heavy atom. The van der Waals surface area contributed by atoms with E-state index in [1.807, 2.05) is 27.2 Å². The molecule has 0 amide bonds. The third-order valence-electron chi connectivity index (χ3n) is 10.6. The number of carbonyl (C=O) groups is 2. The maximum Gasteiger partial charge on any atom is 0.472 e. The molecular formula is C43H83NO11P+. The van der Waals surface area contributed by atoms with Crippen LogP contribution in [0.2, 0.25) is 0 Å². The lowest BCUT2D eigenvalue weighted by Crippen LogP contribution is -2.37. The Hall–Kier alpha value is -1.37. The number of carbonyl (C=O) groups excluding carboxylic acids is 2. The molecule has 1 unspecified atom stereocenters. The molecule has 330 valence electrons. The summed E-state index contributed by atoms with van der Waals surface area (Å²) < 4.78 is 34.3. The summed E-state index contributed by atoms with van der Waals surface area (Å²) in [6.45, 7) is 4.08. The molecule has 1 aliphatic carbocycles. The van der Waals surface area contributed by atoms with Gasteiger partial charge in [-0.15, -0.1) is 0 Å². The molecule has 0 aromatic rings. The monoisotopic (exact) mass is 821 g/mol. The molecule has 0 saturated heterocycles. The van der Waals surface area contributed by atoms with Crippen molar-refractivity contribution < 1.29 is 57.4 Å². The van der Waals surface area contributed by atoms with Gasteiger partial charge in [0.15, 0.2) is 6.10 Å². The SMILES string of the molecule is CCCCCCCCCCCCCCC(=O)OC[C@H](COP(=O)(O)OCC[N+](C)(C)C)OC(=O)CCCCCC[C@@H]1[C@@H](/C=C/[C@@H](O)CCCCC)[C@H](O)C[C@@H]1O. The van der Waals surface area contributed by atoms with Crippen LogP contribution in [-0.4, -0.2) is 109 Å². The molecule has 56 heavy (non-hydrogen) atoms. The van der Waals surface area contributed by atoms with Crippen LogP contribution >= 0.6 is 7.82 Å². The molecule has 0 bridgehead atoms. The minimum Gasteiger partial charge on any atom is -0.462 e. The molecule has 0 aromatic heterocycles. The maximum absolute atomic E-state index is 12.8. The second-order valence-corrected chi connectivity index (χ2v) is 18.5. The summed E-state index contributed by atoms with van der Waals surface area (Å²) in [5.74, 6) is -1.22. The van der Waals surface area contributed by atoms with Gasteiger partial charge in [-0.25, -0.2) is 4.57 Å². The van der Waals surface area contributed by atoms with Crippen molar-refractivity contribution in [3.05, 3.63) is 12.2 Å². The number of rotatable bonds is 36. The van der Waals surface area contributed by atoms with E-state index in [9.17, 15) is 34.4 Å². The molecule has 0 heterocycles. The minimum absolute atomic E-state index is 0.00430. The van der Waals surface area contributed by atoms with Gasteiger partial charge in [0.1, 0.15) is 19.8 Å². The standard InChI is InChI=1S/C43H82NO11P/c1-6-8-10-11-12-13-14-15-16-17-18-23-27-42(48)52-34-37(35-54-56(50,51)53-32-31-44(3,4)5)55-43(49)28-24-20-19-22-26-38-39(41(47)33-40(38)46)30-29-36(45)25-21-9-7-2/h29-30,36-41,45-47H,6-28,31-35H2,1-5H3/p+1/b30-29+/t36-,37+,38+,39+,40-,41+/m0/s1. The molecule has 12 nitrogen and oxygen atoms in total. The Bertz CT molecular complexity index is 1080. The van der Waals surface area contributed by atoms with Crippen LogP contribution in [0.5, 0.6) is 0 Å². The number of nitrogens with zero attached hydrogens (tertiary/aromatic N) is 1. The molecule has 0 radical (unpaired) electrons. The molecule has 1 aliphatic rings. The molecule has 7 atom stereocenters. The van der Waals surface area contributed by atoms with Crippen molar-refractivity contribution in [3.63, 3.8) is 0 Å². The normalized spacial score (nSPS) is 20.9. The first kappa shape index (κ1) is 52.6. The van der Waals surface area contributed by atoms with E-state index in [2.05, 4.69) is 13.8 Å². The average molecular weight is 821 g/mol. The first-order valence-electron chi connectivity index (χ1n) is 22.2. The second kappa shape index (κ2) is 31.5. The first-order valence-corrected chi connectivity index (χ1v) is 23.7. The number of unbranched alkanes of at least 4 members (excludes halogenated alkanes) is 16. The van der Waals surface area contributed by atoms with Gasteiger partial charge in [-0.2, -0.15) is 0 Å². The third kappa shape index (κ3) is 28.1. The molecule has 4 N–H and O–H groups in total. The summed E-state index contributed by atoms with van der Waals surface area (Å²) in [5.41, 5.74) is 0. The average Bonchev–Trinajstić information content (AvgIpc) is 3.40. The largest absolute Gasteiger partial charge is 0.472 e. The molecule has 0 spiro atoms. The number of phosphoric ester groups is 1. The maximum atomic E-state index is 12.8. The van der Waals surface area contributed by atoms with Gasteiger partial charge in [0.25, 0.3) is 0 Å². The van der Waals surface area contributed by atoms with Gasteiger partial charge in [0.05, 0.1) is 46.1 Å². The van der Waals surface area contributed by atoms with Crippen molar-refractivity contribution in [2.75, 3.05) is 47.5 Å². The Balaban J connectivity index is 2.49. The number of hydrogen-bond donors (Lipinski definition) is 4.